The molecule has 1 aliphatic heterocycles. The largest absolute Gasteiger partial charge is 0.493 e. The Morgan fingerprint density at radius 3 is 2.46 bits per heavy atom. The summed E-state index contributed by atoms with van der Waals surface area (Å²) < 4.78 is 11.7. The van der Waals surface area contributed by atoms with E-state index in [1.54, 1.807) is 14.0 Å². The van der Waals surface area contributed by atoms with Crippen LogP contribution >= 0.6 is 0 Å². The van der Waals surface area contributed by atoms with Crippen LogP contribution in [0, 0.1) is 5.41 Å². The minimum absolute atomic E-state index is 0.0159. The molecule has 1 saturated heterocycles. The Labute approximate surface area is 166 Å². The van der Waals surface area contributed by atoms with Gasteiger partial charge >= 0.3 is 6.09 Å². The molecule has 1 N–H and O–H groups in total. The van der Waals surface area contributed by atoms with Crippen molar-refractivity contribution in [1.29, 1.82) is 0 Å². The molecule has 28 heavy (non-hydrogen) atoms. The zero-order chi connectivity index (χ0) is 20.5. The molecule has 2 fully saturated rings. The molecule has 154 valence electrons. The zero-order valence-electron chi connectivity index (χ0n) is 17.2. The van der Waals surface area contributed by atoms with Crippen LogP contribution in [0.25, 0.3) is 0 Å². The van der Waals surface area contributed by atoms with Gasteiger partial charge < -0.3 is 19.5 Å². The van der Waals surface area contributed by atoms with Gasteiger partial charge in [0.25, 0.3) is 0 Å². The van der Waals surface area contributed by atoms with Gasteiger partial charge in [-0.2, -0.15) is 0 Å². The van der Waals surface area contributed by atoms with Gasteiger partial charge in [0.15, 0.2) is 11.5 Å². The standard InChI is InChI=1S/C22H31NO5/c1-5-20-22(3,14(2)24)17(13-23(20)21(25)26)15-10-11-18(27-4)19(12-15)28-16-8-6-7-9-16/h10-12,16-17,20H,5-9,13H2,1-4H3,(H,25,26). The van der Waals surface area contributed by atoms with Gasteiger partial charge in [-0.15, -0.1) is 0 Å². The summed E-state index contributed by atoms with van der Waals surface area (Å²) >= 11 is 0. The van der Waals surface area contributed by atoms with Crippen molar-refractivity contribution in [2.75, 3.05) is 13.7 Å². The number of rotatable bonds is 6. The minimum atomic E-state index is -0.974. The number of ketones is 1. The molecule has 1 saturated carbocycles. The fourth-order valence-electron chi connectivity index (χ4n) is 5.04. The van der Waals surface area contributed by atoms with Crippen LogP contribution in [0.1, 0.15) is 64.4 Å². The quantitative estimate of drug-likeness (QED) is 0.777. The highest BCUT2D eigenvalue weighted by Crippen LogP contribution is 2.50. The molecule has 3 rings (SSSR count). The molecular formula is C22H31NO5. The maximum absolute atomic E-state index is 12.7. The van der Waals surface area contributed by atoms with E-state index < -0.39 is 11.5 Å². The van der Waals surface area contributed by atoms with Crippen LogP contribution in [0.4, 0.5) is 4.79 Å². The molecule has 2 aliphatic rings. The second-order valence-corrected chi connectivity index (χ2v) is 8.19. The second kappa shape index (κ2) is 8.02. The lowest BCUT2D eigenvalue weighted by Crippen LogP contribution is -2.44. The third kappa shape index (κ3) is 3.45. The van der Waals surface area contributed by atoms with Crippen molar-refractivity contribution in [3.8, 4) is 11.5 Å². The molecule has 1 heterocycles. The average Bonchev–Trinajstić information content (AvgIpc) is 3.27. The Morgan fingerprint density at radius 2 is 1.93 bits per heavy atom. The van der Waals surface area contributed by atoms with E-state index in [2.05, 4.69) is 0 Å². The van der Waals surface area contributed by atoms with E-state index in [1.807, 2.05) is 32.0 Å². The number of methoxy groups -OCH3 is 1. The summed E-state index contributed by atoms with van der Waals surface area (Å²) in [5.74, 6) is 1.14. The molecule has 1 aromatic rings. The minimum Gasteiger partial charge on any atom is -0.493 e. The number of carboxylic acid groups (broad SMARTS) is 1. The van der Waals surface area contributed by atoms with E-state index in [0.717, 1.165) is 18.4 Å². The van der Waals surface area contributed by atoms with Crippen LogP contribution in [-0.2, 0) is 4.79 Å². The fraction of sp³-hybridized carbons (Fsp3) is 0.636. The molecule has 3 unspecified atom stereocenters. The van der Waals surface area contributed by atoms with Gasteiger partial charge in [0.2, 0.25) is 0 Å². The number of benzene rings is 1. The molecule has 0 bridgehead atoms. The van der Waals surface area contributed by atoms with Gasteiger partial charge in [0, 0.05) is 18.5 Å². The van der Waals surface area contributed by atoms with Crippen LogP contribution in [-0.4, -0.2) is 47.7 Å². The van der Waals surface area contributed by atoms with Crippen LogP contribution < -0.4 is 9.47 Å². The fourth-order valence-corrected chi connectivity index (χ4v) is 5.04. The molecule has 6 heteroatoms. The van der Waals surface area contributed by atoms with E-state index in [0.29, 0.717) is 24.5 Å². The summed E-state index contributed by atoms with van der Waals surface area (Å²) in [4.78, 5) is 26.0. The van der Waals surface area contributed by atoms with Crippen molar-refractivity contribution >= 4 is 11.9 Å². The first-order valence-electron chi connectivity index (χ1n) is 10.2. The van der Waals surface area contributed by atoms with Crippen LogP contribution in [0.2, 0.25) is 0 Å². The van der Waals surface area contributed by atoms with Gasteiger partial charge in [0.1, 0.15) is 5.78 Å². The predicted octanol–water partition coefficient (Wildman–Crippen LogP) is 4.47. The number of likely N-dealkylation sites (tertiary alicyclic amines) is 1. The van der Waals surface area contributed by atoms with Crippen molar-refractivity contribution in [3.63, 3.8) is 0 Å². The summed E-state index contributed by atoms with van der Waals surface area (Å²) in [5, 5.41) is 9.69. The Morgan fingerprint density at radius 1 is 1.25 bits per heavy atom. The van der Waals surface area contributed by atoms with Crippen LogP contribution in [0.15, 0.2) is 18.2 Å². The summed E-state index contributed by atoms with van der Waals surface area (Å²) in [6.07, 6.45) is 4.22. The third-order valence-electron chi connectivity index (χ3n) is 6.75. The van der Waals surface area contributed by atoms with E-state index in [4.69, 9.17) is 9.47 Å². The summed E-state index contributed by atoms with van der Waals surface area (Å²) in [7, 11) is 1.62. The van der Waals surface area contributed by atoms with Crippen molar-refractivity contribution in [2.45, 2.75) is 70.9 Å². The number of carbonyl (C=O) groups is 2. The van der Waals surface area contributed by atoms with Gasteiger partial charge in [-0.05, 0) is 63.6 Å². The molecule has 1 amide bonds. The summed E-state index contributed by atoms with van der Waals surface area (Å²) in [6, 6.07) is 5.41. The van der Waals surface area contributed by atoms with Gasteiger partial charge in [-0.25, -0.2) is 4.79 Å². The first-order valence-corrected chi connectivity index (χ1v) is 10.2. The summed E-state index contributed by atoms with van der Waals surface area (Å²) in [6.45, 7) is 5.71. The molecular weight excluding hydrogens is 358 g/mol. The van der Waals surface area contributed by atoms with Crippen LogP contribution in [0.5, 0.6) is 11.5 Å². The predicted molar refractivity (Wildman–Crippen MR) is 106 cm³/mol. The van der Waals surface area contributed by atoms with Crippen LogP contribution in [0.3, 0.4) is 0 Å². The van der Waals surface area contributed by atoms with Gasteiger partial charge in [-0.1, -0.05) is 13.0 Å². The number of amides is 1. The molecule has 0 spiro atoms. The first-order chi connectivity index (χ1) is 13.3. The maximum Gasteiger partial charge on any atom is 0.407 e. The van der Waals surface area contributed by atoms with Crippen molar-refractivity contribution in [2.24, 2.45) is 5.41 Å². The first kappa shape index (κ1) is 20.5. The summed E-state index contributed by atoms with van der Waals surface area (Å²) in [5.41, 5.74) is 0.153. The third-order valence-corrected chi connectivity index (χ3v) is 6.75. The van der Waals surface area contributed by atoms with E-state index in [1.165, 1.54) is 17.7 Å². The van der Waals surface area contributed by atoms with Crippen molar-refractivity contribution in [1.82, 2.24) is 4.90 Å². The lowest BCUT2D eigenvalue weighted by molar-refractivity contribution is -0.127. The Balaban J connectivity index is 2.00. The number of Topliss-reactive ketones (excluding diaryl/α,β-unsaturated/α-hetero) is 1. The number of ether oxygens (including phenoxy) is 2. The maximum atomic E-state index is 12.7. The highest BCUT2D eigenvalue weighted by atomic mass is 16.5. The monoisotopic (exact) mass is 389 g/mol. The Kier molecular flexibility index (Phi) is 5.87. The number of nitrogens with zero attached hydrogens (tertiary/aromatic N) is 1. The molecule has 1 aliphatic carbocycles. The van der Waals surface area contributed by atoms with Crippen molar-refractivity contribution < 1.29 is 24.2 Å². The zero-order valence-corrected chi connectivity index (χ0v) is 17.2. The van der Waals surface area contributed by atoms with Crippen molar-refractivity contribution in [3.05, 3.63) is 23.8 Å². The van der Waals surface area contributed by atoms with E-state index in [-0.39, 0.29) is 23.8 Å². The Bertz CT molecular complexity index is 742. The molecule has 0 radical (unpaired) electrons. The SMILES string of the molecule is CCC1N(C(=O)O)CC(c2ccc(OC)c(OC3CCCC3)c2)C1(C)C(C)=O. The highest BCUT2D eigenvalue weighted by Gasteiger charge is 2.55. The van der Waals surface area contributed by atoms with Gasteiger partial charge in [-0.3, -0.25) is 4.79 Å². The number of hydrogen-bond acceptors (Lipinski definition) is 4. The lowest BCUT2D eigenvalue weighted by Gasteiger charge is -2.34. The molecule has 0 aromatic heterocycles. The highest BCUT2D eigenvalue weighted by molar-refractivity contribution is 5.86. The topological polar surface area (TPSA) is 76.1 Å². The smallest absolute Gasteiger partial charge is 0.407 e. The second-order valence-electron chi connectivity index (χ2n) is 8.19. The number of carbonyl (C=O) groups excluding carboxylic acids is 1. The van der Waals surface area contributed by atoms with Gasteiger partial charge in [0.05, 0.1) is 18.6 Å². The molecule has 6 nitrogen and oxygen atoms in total. The van der Waals surface area contributed by atoms with E-state index >= 15 is 0 Å². The normalized spacial score (nSPS) is 27.8. The molecule has 3 atom stereocenters. The Hall–Kier alpha value is -2.24. The average molecular weight is 389 g/mol. The van der Waals surface area contributed by atoms with E-state index in [9.17, 15) is 14.7 Å². The number of hydrogen-bond donors (Lipinski definition) is 1. The lowest BCUT2D eigenvalue weighted by atomic mass is 9.68. The molecule has 1 aromatic carbocycles.